The molecule has 0 aliphatic heterocycles. The van der Waals surface area contributed by atoms with E-state index in [0.29, 0.717) is 0 Å². The fraction of sp³-hybridized carbons (Fsp3) is 0.130. The molecule has 0 radical (unpaired) electrons. The second-order valence-corrected chi connectivity index (χ2v) is 11.8. The van der Waals surface area contributed by atoms with E-state index >= 15 is 0 Å². The molecule has 0 N–H and O–H groups in total. The van der Waals surface area contributed by atoms with Crippen LogP contribution in [0.3, 0.4) is 0 Å². The van der Waals surface area contributed by atoms with Crippen LogP contribution in [-0.4, -0.2) is 20.9 Å². The van der Waals surface area contributed by atoms with Crippen LogP contribution in [0.25, 0.3) is 6.08 Å². The van der Waals surface area contributed by atoms with Gasteiger partial charge in [0, 0.05) is 0 Å². The lowest BCUT2D eigenvalue weighted by atomic mass is 10.2. The SMILES string of the molecule is CC(C/C=C/c1ccccc1)(S(=O)(=O)c1ccccc1)S(=O)(=O)c1ccccc1. The Bertz CT molecular complexity index is 1110. The van der Waals surface area contributed by atoms with E-state index in [1.807, 2.05) is 30.3 Å². The highest BCUT2D eigenvalue weighted by Gasteiger charge is 2.51. The van der Waals surface area contributed by atoms with Gasteiger partial charge in [0.15, 0.2) is 23.8 Å². The topological polar surface area (TPSA) is 68.3 Å². The Labute approximate surface area is 172 Å². The van der Waals surface area contributed by atoms with Crippen molar-refractivity contribution in [3.8, 4) is 0 Å². The molecule has 29 heavy (non-hydrogen) atoms. The van der Waals surface area contributed by atoms with Gasteiger partial charge in [-0.1, -0.05) is 78.9 Å². The van der Waals surface area contributed by atoms with Gasteiger partial charge in [-0.05, 0) is 43.2 Å². The number of hydrogen-bond acceptors (Lipinski definition) is 4. The molecule has 0 bridgehead atoms. The third-order valence-electron chi connectivity index (χ3n) is 4.84. The molecular weight excluding hydrogens is 404 g/mol. The molecule has 3 rings (SSSR count). The quantitative estimate of drug-likeness (QED) is 0.547. The van der Waals surface area contributed by atoms with Crippen LogP contribution in [0, 0.1) is 0 Å². The van der Waals surface area contributed by atoms with Gasteiger partial charge < -0.3 is 0 Å². The van der Waals surface area contributed by atoms with Gasteiger partial charge in [-0.3, -0.25) is 0 Å². The second kappa shape index (κ2) is 8.35. The number of hydrogen-bond donors (Lipinski definition) is 0. The average molecular weight is 427 g/mol. The molecule has 3 aromatic carbocycles. The Morgan fingerprint density at radius 2 is 1.03 bits per heavy atom. The molecule has 150 valence electrons. The number of sulfone groups is 2. The van der Waals surface area contributed by atoms with Gasteiger partial charge in [-0.15, -0.1) is 0 Å². The molecule has 6 heteroatoms. The Balaban J connectivity index is 2.12. The Hall–Kier alpha value is -2.70. The van der Waals surface area contributed by atoms with Gasteiger partial charge in [0.25, 0.3) is 0 Å². The minimum atomic E-state index is -4.20. The van der Waals surface area contributed by atoms with Crippen molar-refractivity contribution in [2.45, 2.75) is 27.2 Å². The van der Waals surface area contributed by atoms with Crippen LogP contribution >= 0.6 is 0 Å². The highest BCUT2D eigenvalue weighted by atomic mass is 32.3. The summed E-state index contributed by atoms with van der Waals surface area (Å²) in [5, 5.41) is 0. The van der Waals surface area contributed by atoms with Crippen molar-refractivity contribution in [1.82, 2.24) is 0 Å². The van der Waals surface area contributed by atoms with Crippen LogP contribution in [-0.2, 0) is 19.7 Å². The Morgan fingerprint density at radius 3 is 1.45 bits per heavy atom. The largest absolute Gasteiger partial charge is 0.222 e. The molecule has 0 aliphatic rings. The Morgan fingerprint density at radius 1 is 0.655 bits per heavy atom. The maximum atomic E-state index is 13.5. The zero-order chi connectivity index (χ0) is 21.0. The van der Waals surface area contributed by atoms with Crippen LogP contribution in [0.4, 0.5) is 0 Å². The lowest BCUT2D eigenvalue weighted by Gasteiger charge is -2.28. The van der Waals surface area contributed by atoms with Crippen molar-refractivity contribution < 1.29 is 16.8 Å². The van der Waals surface area contributed by atoms with Crippen LogP contribution in [0.2, 0.25) is 0 Å². The molecule has 0 unspecified atom stereocenters. The first-order valence-corrected chi connectivity index (χ1v) is 12.1. The molecule has 0 atom stereocenters. The van der Waals surface area contributed by atoms with Crippen molar-refractivity contribution in [2.75, 3.05) is 0 Å². The molecule has 0 fully saturated rings. The van der Waals surface area contributed by atoms with Crippen molar-refractivity contribution >= 4 is 25.8 Å². The maximum absolute atomic E-state index is 13.5. The van der Waals surface area contributed by atoms with E-state index in [1.165, 1.54) is 31.2 Å². The van der Waals surface area contributed by atoms with Gasteiger partial charge in [0.05, 0.1) is 9.79 Å². The first-order valence-electron chi connectivity index (χ1n) is 9.10. The summed E-state index contributed by atoms with van der Waals surface area (Å²) < 4.78 is 52.0. The highest BCUT2D eigenvalue weighted by Crippen LogP contribution is 2.38. The summed E-state index contributed by atoms with van der Waals surface area (Å²) in [5.41, 5.74) is 0.865. The summed E-state index contributed by atoms with van der Waals surface area (Å²) in [6.07, 6.45) is 3.16. The van der Waals surface area contributed by atoms with E-state index < -0.39 is 23.8 Å². The van der Waals surface area contributed by atoms with Crippen molar-refractivity contribution in [3.63, 3.8) is 0 Å². The van der Waals surface area contributed by atoms with Crippen molar-refractivity contribution in [3.05, 3.63) is 103 Å². The van der Waals surface area contributed by atoms with Gasteiger partial charge >= 0.3 is 0 Å². The molecule has 0 spiro atoms. The highest BCUT2D eigenvalue weighted by molar-refractivity contribution is 8.10. The zero-order valence-electron chi connectivity index (χ0n) is 16.0. The minimum Gasteiger partial charge on any atom is -0.222 e. The molecule has 4 nitrogen and oxygen atoms in total. The van der Waals surface area contributed by atoms with Gasteiger partial charge in [0.2, 0.25) is 0 Å². The lowest BCUT2D eigenvalue weighted by Crippen LogP contribution is -2.43. The average Bonchev–Trinajstić information content (AvgIpc) is 2.75. The predicted octanol–water partition coefficient (Wildman–Crippen LogP) is 4.75. The van der Waals surface area contributed by atoms with E-state index in [-0.39, 0.29) is 16.2 Å². The minimum absolute atomic E-state index is 0.0184. The number of rotatable bonds is 7. The van der Waals surface area contributed by atoms with Crippen LogP contribution in [0.1, 0.15) is 18.9 Å². The van der Waals surface area contributed by atoms with Crippen LogP contribution in [0.5, 0.6) is 0 Å². The first kappa shape index (κ1) is 21.0. The first-order chi connectivity index (χ1) is 13.8. The van der Waals surface area contributed by atoms with Gasteiger partial charge in [-0.2, -0.15) is 0 Å². The summed E-state index contributed by atoms with van der Waals surface area (Å²) in [6, 6.07) is 24.8. The molecular formula is C23H22O4S2. The smallest absolute Gasteiger partial charge is 0.198 e. The molecule has 0 heterocycles. The maximum Gasteiger partial charge on any atom is 0.198 e. The van der Waals surface area contributed by atoms with E-state index in [4.69, 9.17) is 0 Å². The summed E-state index contributed by atoms with van der Waals surface area (Å²) in [6.45, 7) is 1.28. The van der Waals surface area contributed by atoms with E-state index in [0.717, 1.165) is 5.56 Å². The number of benzene rings is 3. The second-order valence-electron chi connectivity index (χ2n) is 6.78. The van der Waals surface area contributed by atoms with Gasteiger partial charge in [0.1, 0.15) is 0 Å². The van der Waals surface area contributed by atoms with Crippen molar-refractivity contribution in [1.29, 1.82) is 0 Å². The zero-order valence-corrected chi connectivity index (χ0v) is 17.6. The fourth-order valence-corrected chi connectivity index (χ4v) is 7.43. The fourth-order valence-electron chi connectivity index (χ4n) is 3.03. The Kier molecular flexibility index (Phi) is 6.05. The van der Waals surface area contributed by atoms with E-state index in [2.05, 4.69) is 0 Å². The predicted molar refractivity (Wildman–Crippen MR) is 116 cm³/mol. The monoisotopic (exact) mass is 426 g/mol. The third kappa shape index (κ3) is 4.04. The van der Waals surface area contributed by atoms with Gasteiger partial charge in [-0.25, -0.2) is 16.8 Å². The summed E-state index contributed by atoms with van der Waals surface area (Å²) in [7, 11) is -8.40. The summed E-state index contributed by atoms with van der Waals surface area (Å²) in [5.74, 6) is 0. The molecule has 0 aromatic heterocycles. The van der Waals surface area contributed by atoms with Crippen LogP contribution in [0.15, 0.2) is 107 Å². The van der Waals surface area contributed by atoms with E-state index in [9.17, 15) is 16.8 Å². The molecule has 0 saturated heterocycles. The standard InChI is InChI=1S/C23H22O4S2/c1-23(19-11-14-20-12-5-2-6-13-20,28(24,25)21-15-7-3-8-16-21)29(26,27)22-17-9-4-10-18-22/h2-18H,19H2,1H3/b14-11+. The molecule has 0 saturated carbocycles. The summed E-state index contributed by atoms with van der Waals surface area (Å²) >= 11 is 0. The third-order valence-corrected chi connectivity index (χ3v) is 10.6. The number of allylic oxidation sites excluding steroid dienone is 1. The lowest BCUT2D eigenvalue weighted by molar-refractivity contribution is 0.547. The normalized spacial score (nSPS) is 12.9. The molecule has 0 aliphatic carbocycles. The summed E-state index contributed by atoms with van der Waals surface area (Å²) in [4.78, 5) is -0.0368. The van der Waals surface area contributed by atoms with Crippen molar-refractivity contribution in [2.24, 2.45) is 0 Å². The van der Waals surface area contributed by atoms with Crippen LogP contribution < -0.4 is 0 Å². The van der Waals surface area contributed by atoms with E-state index in [1.54, 1.807) is 48.6 Å². The molecule has 0 amide bonds. The molecule has 3 aromatic rings.